The van der Waals surface area contributed by atoms with Crippen molar-refractivity contribution in [1.29, 1.82) is 0 Å². The standard InChI is InChI=1S/C41H57ClN4O4S/c1-4-7-30-20-35(42)13-15-37(30)34-24-46-23-33-11-14-38(33)32(22-44-18-19-45-17-6-5-8-36(45)25-44)10-9-28(2)29(3)27-51(48,49)43-41(47)31-12-16-40(50-26-34)39(46)21-31/h9-10,12-13,15-16,20-21,28-29,32-34,36,38H,4-8,11,14,17-19,22-27H2,1-3H3,(H,43,47)/b10-9+/t28-,29?,32?,33?,34?,36?,38?/m0/s1. The van der Waals surface area contributed by atoms with E-state index >= 15 is 0 Å². The fraction of sp³-hybridized carbons (Fsp3) is 0.634. The maximum Gasteiger partial charge on any atom is 0.264 e. The van der Waals surface area contributed by atoms with E-state index in [1.807, 2.05) is 25.1 Å². The number of nitrogens with zero attached hydrogens (tertiary/aromatic N) is 3. The molecule has 2 aromatic carbocycles. The zero-order valence-corrected chi connectivity index (χ0v) is 32.3. The number of benzene rings is 2. The zero-order chi connectivity index (χ0) is 35.7. The van der Waals surface area contributed by atoms with Crippen LogP contribution in [0.25, 0.3) is 0 Å². The lowest BCUT2D eigenvalue weighted by Gasteiger charge is -2.48. The van der Waals surface area contributed by atoms with Crippen molar-refractivity contribution < 1.29 is 17.9 Å². The van der Waals surface area contributed by atoms with Gasteiger partial charge < -0.3 is 9.64 Å². The molecule has 0 spiro atoms. The first-order valence-electron chi connectivity index (χ1n) is 19.6. The predicted octanol–water partition coefficient (Wildman–Crippen LogP) is 6.99. The van der Waals surface area contributed by atoms with E-state index in [2.05, 4.69) is 57.6 Å². The third-order valence-electron chi connectivity index (χ3n) is 12.7. The molecule has 51 heavy (non-hydrogen) atoms. The van der Waals surface area contributed by atoms with Gasteiger partial charge in [-0.3, -0.25) is 14.6 Å². The minimum atomic E-state index is -3.85. The summed E-state index contributed by atoms with van der Waals surface area (Å²) in [6.45, 7) is 14.1. The smallest absolute Gasteiger partial charge is 0.264 e. The second-order valence-corrected chi connectivity index (χ2v) is 18.4. The third-order valence-corrected chi connectivity index (χ3v) is 14.4. The van der Waals surface area contributed by atoms with Crippen molar-refractivity contribution in [2.24, 2.45) is 29.6 Å². The Morgan fingerprint density at radius 3 is 2.63 bits per heavy atom. The molecule has 1 amide bonds. The normalized spacial score (nSPS) is 32.4. The number of nitrogens with one attached hydrogen (secondary N) is 1. The van der Waals surface area contributed by atoms with E-state index < -0.39 is 15.9 Å². The predicted molar refractivity (Wildman–Crippen MR) is 206 cm³/mol. The molecule has 1 saturated carbocycles. The Hall–Kier alpha value is -2.59. The quantitative estimate of drug-likeness (QED) is 0.332. The Bertz CT molecular complexity index is 1700. The van der Waals surface area contributed by atoms with Crippen LogP contribution in [0.3, 0.4) is 0 Å². The fourth-order valence-corrected chi connectivity index (χ4v) is 11.1. The summed E-state index contributed by atoms with van der Waals surface area (Å²) in [7, 11) is -3.85. The van der Waals surface area contributed by atoms with Crippen molar-refractivity contribution in [2.45, 2.75) is 77.7 Å². The molecule has 2 saturated heterocycles. The first-order chi connectivity index (χ1) is 24.6. The number of rotatable bonds is 5. The molecule has 1 aliphatic carbocycles. The van der Waals surface area contributed by atoms with E-state index in [1.165, 1.54) is 49.8 Å². The van der Waals surface area contributed by atoms with Crippen LogP contribution in [-0.4, -0.2) is 88.3 Å². The van der Waals surface area contributed by atoms with Gasteiger partial charge in [0.05, 0.1) is 18.0 Å². The largest absolute Gasteiger partial charge is 0.491 e. The van der Waals surface area contributed by atoms with Crippen LogP contribution in [0.2, 0.25) is 5.02 Å². The molecule has 2 aromatic rings. The highest BCUT2D eigenvalue weighted by Crippen LogP contribution is 2.45. The molecular weight excluding hydrogens is 680 g/mol. The van der Waals surface area contributed by atoms with Gasteiger partial charge in [0.25, 0.3) is 5.91 Å². The summed E-state index contributed by atoms with van der Waals surface area (Å²) >= 11 is 6.49. The molecule has 6 unspecified atom stereocenters. The molecule has 8 nitrogen and oxygen atoms in total. The van der Waals surface area contributed by atoms with E-state index in [0.29, 0.717) is 36.0 Å². The lowest BCUT2D eigenvalue weighted by atomic mass is 9.66. The molecule has 0 aromatic heterocycles. The third kappa shape index (κ3) is 8.47. The highest BCUT2D eigenvalue weighted by atomic mass is 35.5. The molecule has 7 atom stereocenters. The number of hydrogen-bond acceptors (Lipinski definition) is 7. The molecule has 1 N–H and O–H groups in total. The number of piperidine rings is 1. The van der Waals surface area contributed by atoms with Crippen LogP contribution in [-0.2, 0) is 16.4 Å². The van der Waals surface area contributed by atoms with E-state index in [9.17, 15) is 13.2 Å². The van der Waals surface area contributed by atoms with Crippen LogP contribution >= 0.6 is 11.6 Å². The lowest BCUT2D eigenvalue weighted by Crippen LogP contribution is -2.56. The highest BCUT2D eigenvalue weighted by Gasteiger charge is 2.40. The molecule has 3 fully saturated rings. The Morgan fingerprint density at radius 2 is 1.82 bits per heavy atom. The van der Waals surface area contributed by atoms with Gasteiger partial charge in [0, 0.05) is 61.8 Å². The summed E-state index contributed by atoms with van der Waals surface area (Å²) in [6.07, 6.45) is 13.0. The number of allylic oxidation sites excluding steroid dienone is 1. The average molecular weight is 737 g/mol. The van der Waals surface area contributed by atoms with Crippen LogP contribution in [0, 0.1) is 29.6 Å². The summed E-state index contributed by atoms with van der Waals surface area (Å²) < 4.78 is 35.6. The molecule has 0 radical (unpaired) electrons. The summed E-state index contributed by atoms with van der Waals surface area (Å²) in [5.41, 5.74) is 3.73. The van der Waals surface area contributed by atoms with E-state index in [0.717, 1.165) is 68.6 Å². The van der Waals surface area contributed by atoms with Gasteiger partial charge in [-0.05, 0) is 110 Å². The van der Waals surface area contributed by atoms with Gasteiger partial charge >= 0.3 is 0 Å². The highest BCUT2D eigenvalue weighted by molar-refractivity contribution is 7.90. The lowest BCUT2D eigenvalue weighted by molar-refractivity contribution is 0.0282. The van der Waals surface area contributed by atoms with Crippen LogP contribution < -0.4 is 14.4 Å². The van der Waals surface area contributed by atoms with Gasteiger partial charge in [0.15, 0.2) is 0 Å². The first kappa shape index (κ1) is 36.8. The Morgan fingerprint density at radius 1 is 0.961 bits per heavy atom. The number of amides is 1. The SMILES string of the molecule is CCCc1cc(Cl)ccc1C1COc2ccc3cc2N(C1)CC1CCC1C(CN1CCN2CCCCC2C1)/C=C/[C@H](C)C(C)CS(=O)(=O)NC3=O. The first-order valence-corrected chi connectivity index (χ1v) is 21.6. The number of aryl methyl sites for hydroxylation is 1. The maximum atomic E-state index is 13.5. The molecular formula is C41H57ClN4O4S. The molecule has 4 aliphatic heterocycles. The van der Waals surface area contributed by atoms with Gasteiger partial charge in [-0.1, -0.05) is 63.4 Å². The number of piperazine rings is 1. The molecule has 2 bridgehead atoms. The van der Waals surface area contributed by atoms with Crippen molar-refractivity contribution in [3.8, 4) is 5.75 Å². The maximum absolute atomic E-state index is 13.5. The van der Waals surface area contributed by atoms with Crippen molar-refractivity contribution in [1.82, 2.24) is 14.5 Å². The summed E-state index contributed by atoms with van der Waals surface area (Å²) in [5, 5.41) is 0.751. The minimum absolute atomic E-state index is 0.0619. The molecule has 4 heterocycles. The fourth-order valence-electron chi connectivity index (χ4n) is 9.39. The van der Waals surface area contributed by atoms with Crippen LogP contribution in [0.1, 0.15) is 86.7 Å². The molecule has 5 aliphatic rings. The number of ether oxygens (including phenoxy) is 1. The number of fused-ring (bicyclic) bond motifs is 3. The number of anilines is 1. The van der Waals surface area contributed by atoms with Gasteiger partial charge in [0.2, 0.25) is 10.0 Å². The molecule has 278 valence electrons. The summed E-state index contributed by atoms with van der Waals surface area (Å²) in [5.74, 6) is 1.52. The van der Waals surface area contributed by atoms with Gasteiger partial charge in [-0.25, -0.2) is 13.1 Å². The van der Waals surface area contributed by atoms with Crippen LogP contribution in [0.4, 0.5) is 5.69 Å². The van der Waals surface area contributed by atoms with Crippen molar-refractivity contribution in [2.75, 3.05) is 63.1 Å². The van der Waals surface area contributed by atoms with Gasteiger partial charge in [-0.2, -0.15) is 0 Å². The van der Waals surface area contributed by atoms with Crippen LogP contribution in [0.5, 0.6) is 5.75 Å². The molecule has 10 heteroatoms. The monoisotopic (exact) mass is 736 g/mol. The van der Waals surface area contributed by atoms with Gasteiger partial charge in [0.1, 0.15) is 5.75 Å². The Kier molecular flexibility index (Phi) is 11.4. The van der Waals surface area contributed by atoms with Crippen molar-refractivity contribution in [3.05, 3.63) is 70.3 Å². The van der Waals surface area contributed by atoms with Crippen molar-refractivity contribution >= 4 is 33.2 Å². The minimum Gasteiger partial charge on any atom is -0.491 e. The topological polar surface area (TPSA) is 82.2 Å². The second-order valence-electron chi connectivity index (χ2n) is 16.2. The van der Waals surface area contributed by atoms with E-state index in [4.69, 9.17) is 16.3 Å². The number of carbonyl (C=O) groups is 1. The molecule has 7 rings (SSSR count). The number of halogens is 1. The second kappa shape index (κ2) is 15.8. The average Bonchev–Trinajstić information content (AvgIpc) is 3.27. The summed E-state index contributed by atoms with van der Waals surface area (Å²) in [4.78, 5) is 21.4. The van der Waals surface area contributed by atoms with E-state index in [1.54, 1.807) is 6.07 Å². The summed E-state index contributed by atoms with van der Waals surface area (Å²) in [6, 6.07) is 12.3. The number of sulfonamides is 1. The van der Waals surface area contributed by atoms with Crippen molar-refractivity contribution in [3.63, 3.8) is 0 Å². The van der Waals surface area contributed by atoms with Gasteiger partial charge in [-0.15, -0.1) is 0 Å². The van der Waals surface area contributed by atoms with Crippen LogP contribution in [0.15, 0.2) is 48.6 Å². The Balaban J connectivity index is 1.22. The number of carbonyl (C=O) groups excluding carboxylic acids is 1. The Labute approximate surface area is 311 Å². The van der Waals surface area contributed by atoms with E-state index in [-0.39, 0.29) is 23.5 Å². The number of hydrogen-bond donors (Lipinski definition) is 1. The zero-order valence-electron chi connectivity index (χ0n) is 30.7.